The smallest absolute Gasteiger partial charge is 0.332 e. The van der Waals surface area contributed by atoms with E-state index in [1.807, 2.05) is 0 Å². The van der Waals surface area contributed by atoms with Crippen LogP contribution in [0.2, 0.25) is 0 Å². The predicted octanol–water partition coefficient (Wildman–Crippen LogP) is 1.94. The van der Waals surface area contributed by atoms with Crippen molar-refractivity contribution in [1.29, 1.82) is 0 Å². The fourth-order valence-corrected chi connectivity index (χ4v) is 5.57. The summed E-state index contributed by atoms with van der Waals surface area (Å²) in [6.07, 6.45) is 9.23. The summed E-state index contributed by atoms with van der Waals surface area (Å²) in [5.74, 6) is 3.76. The minimum absolute atomic E-state index is 0.00553. The van der Waals surface area contributed by atoms with Gasteiger partial charge in [0, 0.05) is 18.8 Å². The number of carbonyl (C=O) groups excluding carboxylic acids is 1. The lowest BCUT2D eigenvalue weighted by Crippen LogP contribution is -2.49. The van der Waals surface area contributed by atoms with E-state index in [0.29, 0.717) is 12.5 Å². The molecule has 4 saturated carbocycles. The Kier molecular flexibility index (Phi) is 4.09. The third kappa shape index (κ3) is 3.19. The van der Waals surface area contributed by atoms with Gasteiger partial charge in [-0.3, -0.25) is 19.7 Å². The summed E-state index contributed by atoms with van der Waals surface area (Å²) in [5.41, 5.74) is -1.15. The molecule has 4 aliphatic carbocycles. The minimum Gasteiger partial charge on any atom is -0.354 e. The van der Waals surface area contributed by atoms with Crippen molar-refractivity contribution in [3.05, 3.63) is 38.8 Å². The van der Waals surface area contributed by atoms with E-state index in [1.54, 1.807) is 0 Å². The van der Waals surface area contributed by atoms with Crippen molar-refractivity contribution < 1.29 is 9.72 Å². The molecule has 134 valence electrons. The van der Waals surface area contributed by atoms with Crippen LogP contribution in [0.4, 0.5) is 5.69 Å². The molecule has 0 aromatic carbocycles. The largest absolute Gasteiger partial charge is 0.354 e. The zero-order valence-electron chi connectivity index (χ0n) is 14.1. The average molecular weight is 345 g/mol. The molecular weight excluding hydrogens is 322 g/mol. The van der Waals surface area contributed by atoms with E-state index in [-0.39, 0.29) is 12.5 Å². The molecule has 1 amide bonds. The summed E-state index contributed by atoms with van der Waals surface area (Å²) >= 11 is 0. The maximum atomic E-state index is 12.2. The van der Waals surface area contributed by atoms with Gasteiger partial charge in [-0.2, -0.15) is 0 Å². The molecule has 1 aromatic heterocycles. The molecule has 0 radical (unpaired) electrons. The lowest BCUT2D eigenvalue weighted by molar-refractivity contribution is -0.386. The standard InChI is InChI=1S/C18H23N3O4/c22-17-1-2-20(9-16(17)21(24)25)10-18(23)19-8-15-13-4-11-3-12(6-13)7-14(15)5-11/h1-2,9,11-15H,3-8,10H2,(H,19,23). The van der Waals surface area contributed by atoms with Gasteiger partial charge < -0.3 is 9.88 Å². The highest BCUT2D eigenvalue weighted by Crippen LogP contribution is 2.56. The molecule has 7 heteroatoms. The maximum absolute atomic E-state index is 12.2. The molecule has 0 aliphatic heterocycles. The highest BCUT2D eigenvalue weighted by atomic mass is 16.6. The Bertz CT molecular complexity index is 729. The first-order valence-electron chi connectivity index (χ1n) is 9.10. The first kappa shape index (κ1) is 16.3. The molecule has 0 spiro atoms. The highest BCUT2D eigenvalue weighted by molar-refractivity contribution is 5.75. The third-order valence-electron chi connectivity index (χ3n) is 6.44. The van der Waals surface area contributed by atoms with Gasteiger partial charge in [-0.15, -0.1) is 0 Å². The Balaban J connectivity index is 1.35. The van der Waals surface area contributed by atoms with E-state index in [0.717, 1.165) is 35.9 Å². The predicted molar refractivity (Wildman–Crippen MR) is 90.9 cm³/mol. The molecule has 7 nitrogen and oxygen atoms in total. The van der Waals surface area contributed by atoms with Gasteiger partial charge in [-0.05, 0) is 61.7 Å². The number of nitro groups is 1. The summed E-state index contributed by atoms with van der Waals surface area (Å²) < 4.78 is 1.39. The van der Waals surface area contributed by atoms with E-state index < -0.39 is 16.0 Å². The van der Waals surface area contributed by atoms with E-state index in [9.17, 15) is 19.7 Å². The first-order valence-corrected chi connectivity index (χ1v) is 9.10. The zero-order valence-corrected chi connectivity index (χ0v) is 14.1. The molecule has 4 bridgehead atoms. The number of hydrogen-bond acceptors (Lipinski definition) is 4. The van der Waals surface area contributed by atoms with E-state index in [2.05, 4.69) is 5.32 Å². The van der Waals surface area contributed by atoms with Crippen molar-refractivity contribution in [1.82, 2.24) is 9.88 Å². The molecule has 0 atom stereocenters. The summed E-state index contributed by atoms with van der Waals surface area (Å²) in [4.78, 5) is 33.8. The van der Waals surface area contributed by atoms with Crippen LogP contribution in [0.3, 0.4) is 0 Å². The van der Waals surface area contributed by atoms with Crippen molar-refractivity contribution in [2.24, 2.45) is 29.6 Å². The Morgan fingerprint density at radius 3 is 2.44 bits per heavy atom. The quantitative estimate of drug-likeness (QED) is 0.652. The molecular formula is C18H23N3O4. The van der Waals surface area contributed by atoms with Gasteiger partial charge in [0.2, 0.25) is 5.91 Å². The van der Waals surface area contributed by atoms with Crippen LogP contribution in [0.5, 0.6) is 0 Å². The lowest BCUT2D eigenvalue weighted by atomic mass is 9.52. The second-order valence-corrected chi connectivity index (χ2v) is 8.02. The van der Waals surface area contributed by atoms with Gasteiger partial charge in [0.25, 0.3) is 5.43 Å². The topological polar surface area (TPSA) is 94.2 Å². The van der Waals surface area contributed by atoms with Gasteiger partial charge in [0.15, 0.2) is 0 Å². The number of hydrogen-bond donors (Lipinski definition) is 1. The number of pyridine rings is 1. The average Bonchev–Trinajstić information content (AvgIpc) is 2.55. The van der Waals surface area contributed by atoms with Crippen LogP contribution >= 0.6 is 0 Å². The van der Waals surface area contributed by atoms with E-state index in [1.165, 1.54) is 42.9 Å². The molecule has 5 rings (SSSR count). The Morgan fingerprint density at radius 2 is 1.84 bits per heavy atom. The highest BCUT2D eigenvalue weighted by Gasteiger charge is 2.47. The fourth-order valence-electron chi connectivity index (χ4n) is 5.57. The van der Waals surface area contributed by atoms with Gasteiger partial charge >= 0.3 is 5.69 Å². The molecule has 1 heterocycles. The fraction of sp³-hybridized carbons (Fsp3) is 0.667. The molecule has 4 aliphatic rings. The Morgan fingerprint density at radius 1 is 1.20 bits per heavy atom. The van der Waals surface area contributed by atoms with Gasteiger partial charge in [0.05, 0.1) is 11.1 Å². The van der Waals surface area contributed by atoms with Crippen LogP contribution in [-0.4, -0.2) is 21.9 Å². The van der Waals surface area contributed by atoms with Crippen LogP contribution in [0.25, 0.3) is 0 Å². The van der Waals surface area contributed by atoms with Crippen molar-refractivity contribution in [3.63, 3.8) is 0 Å². The summed E-state index contributed by atoms with van der Waals surface area (Å²) in [5, 5.41) is 13.8. The number of carbonyl (C=O) groups is 1. The summed E-state index contributed by atoms with van der Waals surface area (Å²) in [6, 6.07) is 1.13. The van der Waals surface area contributed by atoms with Gasteiger partial charge in [0.1, 0.15) is 6.54 Å². The number of aromatic nitrogens is 1. The Labute approximate surface area is 145 Å². The Hall–Kier alpha value is -2.18. The number of amides is 1. The second kappa shape index (κ2) is 6.28. The van der Waals surface area contributed by atoms with E-state index >= 15 is 0 Å². The van der Waals surface area contributed by atoms with Gasteiger partial charge in [-0.1, -0.05) is 0 Å². The zero-order chi connectivity index (χ0) is 17.6. The summed E-state index contributed by atoms with van der Waals surface area (Å²) in [6.45, 7) is 0.699. The van der Waals surface area contributed by atoms with Crippen LogP contribution in [0.15, 0.2) is 23.3 Å². The number of rotatable bonds is 5. The van der Waals surface area contributed by atoms with Crippen molar-refractivity contribution in [3.8, 4) is 0 Å². The number of nitrogens with one attached hydrogen (secondary N) is 1. The molecule has 4 fully saturated rings. The van der Waals surface area contributed by atoms with Crippen LogP contribution in [-0.2, 0) is 11.3 Å². The second-order valence-electron chi connectivity index (χ2n) is 8.02. The van der Waals surface area contributed by atoms with Crippen molar-refractivity contribution in [2.75, 3.05) is 6.54 Å². The monoisotopic (exact) mass is 345 g/mol. The third-order valence-corrected chi connectivity index (χ3v) is 6.44. The van der Waals surface area contributed by atoms with Crippen LogP contribution in [0, 0.1) is 39.7 Å². The van der Waals surface area contributed by atoms with Crippen LogP contribution < -0.4 is 10.7 Å². The van der Waals surface area contributed by atoms with Crippen molar-refractivity contribution in [2.45, 2.75) is 38.6 Å². The van der Waals surface area contributed by atoms with Crippen molar-refractivity contribution >= 4 is 11.6 Å². The SMILES string of the molecule is O=C(Cn1ccc(=O)c([N+](=O)[O-])c1)NCC1C2CC3CC(C2)CC1C3. The maximum Gasteiger partial charge on any atom is 0.332 e. The normalized spacial score (nSPS) is 32.6. The van der Waals surface area contributed by atoms with E-state index in [4.69, 9.17) is 0 Å². The first-order chi connectivity index (χ1) is 12.0. The van der Waals surface area contributed by atoms with Crippen LogP contribution in [0.1, 0.15) is 32.1 Å². The van der Waals surface area contributed by atoms with Gasteiger partial charge in [-0.25, -0.2) is 0 Å². The molecule has 1 N–H and O–H groups in total. The summed E-state index contributed by atoms with van der Waals surface area (Å²) in [7, 11) is 0. The molecule has 1 aromatic rings. The molecule has 0 saturated heterocycles. The molecule has 25 heavy (non-hydrogen) atoms. The minimum atomic E-state index is -0.717. The number of nitrogens with zero attached hydrogens (tertiary/aromatic N) is 2. The molecule has 0 unspecified atom stereocenters. The lowest BCUT2D eigenvalue weighted by Gasteiger charge is -2.54.